The summed E-state index contributed by atoms with van der Waals surface area (Å²) in [7, 11) is 0. The Morgan fingerprint density at radius 1 is 0.720 bits per heavy atom. The van der Waals surface area contributed by atoms with Gasteiger partial charge in [-0.05, 0) is 35.7 Å². The molecule has 0 saturated carbocycles. The lowest BCUT2D eigenvalue weighted by Crippen LogP contribution is -2.12. The van der Waals surface area contributed by atoms with Crippen LogP contribution in [0.25, 0.3) is 0 Å². The number of ether oxygens (including phenoxy) is 1. The molecule has 1 N–H and O–H groups in total. The molecule has 0 fully saturated rings. The van der Waals surface area contributed by atoms with Gasteiger partial charge < -0.3 is 10.1 Å². The second kappa shape index (κ2) is 9.05. The number of nitrogens with one attached hydrogen (secondary N) is 1. The lowest BCUT2D eigenvalue weighted by molar-refractivity contribution is 0.321. The van der Waals surface area contributed by atoms with Gasteiger partial charge in [0, 0.05) is 19.5 Å². The lowest BCUT2D eigenvalue weighted by Gasteiger charge is -2.09. The number of aryl methyl sites for hydroxylation is 1. The Bertz CT molecular complexity index is 766. The minimum absolute atomic E-state index is 0.699. The van der Waals surface area contributed by atoms with Crippen LogP contribution in [0.15, 0.2) is 78.9 Å². The van der Waals surface area contributed by atoms with Crippen molar-refractivity contribution in [3.05, 3.63) is 101 Å². The van der Waals surface area contributed by atoms with E-state index in [0.29, 0.717) is 6.61 Å². The summed E-state index contributed by atoms with van der Waals surface area (Å²) in [5.74, 6) is 0.936. The van der Waals surface area contributed by atoms with Gasteiger partial charge >= 0.3 is 0 Å². The minimum atomic E-state index is 0.699. The molecule has 2 heteroatoms. The maximum atomic E-state index is 5.90. The largest absolute Gasteiger partial charge is 0.493 e. The van der Waals surface area contributed by atoms with Crippen molar-refractivity contribution < 1.29 is 4.74 Å². The van der Waals surface area contributed by atoms with E-state index in [-0.39, 0.29) is 0 Å². The molecular weight excluding hydrogens is 306 g/mol. The zero-order chi connectivity index (χ0) is 17.3. The summed E-state index contributed by atoms with van der Waals surface area (Å²) in [6, 6.07) is 27.4. The Balaban J connectivity index is 1.45. The Morgan fingerprint density at radius 2 is 1.44 bits per heavy atom. The average molecular weight is 331 g/mol. The maximum Gasteiger partial charge on any atom is 0.119 e. The van der Waals surface area contributed by atoms with Gasteiger partial charge in [0.05, 0.1) is 6.61 Å². The van der Waals surface area contributed by atoms with Gasteiger partial charge in [-0.15, -0.1) is 0 Å². The van der Waals surface area contributed by atoms with E-state index in [1.807, 2.05) is 12.1 Å². The van der Waals surface area contributed by atoms with Crippen LogP contribution in [0.1, 0.15) is 22.3 Å². The van der Waals surface area contributed by atoms with Gasteiger partial charge in [-0.25, -0.2) is 0 Å². The lowest BCUT2D eigenvalue weighted by atomic mass is 10.1. The van der Waals surface area contributed by atoms with Crippen LogP contribution in [0.5, 0.6) is 5.75 Å². The SMILES string of the molecule is Cc1ccc(CNCc2cccc(OCCc3ccccc3)c2)cc1. The first kappa shape index (κ1) is 17.2. The summed E-state index contributed by atoms with van der Waals surface area (Å²) in [5, 5.41) is 3.49. The van der Waals surface area contributed by atoms with E-state index in [1.165, 1.54) is 22.3 Å². The molecule has 0 heterocycles. The molecule has 0 amide bonds. The second-order valence-electron chi connectivity index (χ2n) is 6.32. The quantitative estimate of drug-likeness (QED) is 0.633. The summed E-state index contributed by atoms with van der Waals surface area (Å²) in [5.41, 5.74) is 5.15. The van der Waals surface area contributed by atoms with Crippen molar-refractivity contribution in [3.8, 4) is 5.75 Å². The topological polar surface area (TPSA) is 21.3 Å². The van der Waals surface area contributed by atoms with E-state index in [4.69, 9.17) is 4.74 Å². The number of rotatable bonds is 8. The Kier molecular flexibility index (Phi) is 6.24. The third kappa shape index (κ3) is 5.77. The molecule has 3 aromatic carbocycles. The fourth-order valence-electron chi connectivity index (χ4n) is 2.73. The van der Waals surface area contributed by atoms with Gasteiger partial charge in [0.2, 0.25) is 0 Å². The van der Waals surface area contributed by atoms with Gasteiger partial charge in [-0.3, -0.25) is 0 Å². The molecule has 0 atom stereocenters. The van der Waals surface area contributed by atoms with Crippen molar-refractivity contribution in [3.63, 3.8) is 0 Å². The van der Waals surface area contributed by atoms with Crippen molar-refractivity contribution in [2.24, 2.45) is 0 Å². The first-order valence-corrected chi connectivity index (χ1v) is 8.81. The molecular formula is C23H25NO. The Hall–Kier alpha value is -2.58. The van der Waals surface area contributed by atoms with Crippen molar-refractivity contribution in [1.82, 2.24) is 5.32 Å². The first-order valence-electron chi connectivity index (χ1n) is 8.81. The van der Waals surface area contributed by atoms with Crippen LogP contribution < -0.4 is 10.1 Å². The maximum absolute atomic E-state index is 5.90. The molecule has 3 rings (SSSR count). The van der Waals surface area contributed by atoms with Crippen LogP contribution in [-0.2, 0) is 19.5 Å². The molecule has 0 aliphatic rings. The molecule has 0 aliphatic carbocycles. The third-order valence-corrected chi connectivity index (χ3v) is 4.18. The summed E-state index contributed by atoms with van der Waals surface area (Å²) < 4.78 is 5.90. The molecule has 0 bridgehead atoms. The monoisotopic (exact) mass is 331 g/mol. The zero-order valence-corrected chi connectivity index (χ0v) is 14.7. The molecule has 2 nitrogen and oxygen atoms in total. The highest BCUT2D eigenvalue weighted by Crippen LogP contribution is 2.14. The van der Waals surface area contributed by atoms with E-state index in [0.717, 1.165) is 25.3 Å². The Labute approximate surface area is 150 Å². The number of hydrogen-bond acceptors (Lipinski definition) is 2. The fraction of sp³-hybridized carbons (Fsp3) is 0.217. The van der Waals surface area contributed by atoms with Crippen molar-refractivity contribution in [1.29, 1.82) is 0 Å². The van der Waals surface area contributed by atoms with E-state index in [1.54, 1.807) is 0 Å². The molecule has 0 aliphatic heterocycles. The predicted octanol–water partition coefficient (Wildman–Crippen LogP) is 4.91. The molecule has 0 unspecified atom stereocenters. The minimum Gasteiger partial charge on any atom is -0.493 e. The normalized spacial score (nSPS) is 10.6. The molecule has 128 valence electrons. The summed E-state index contributed by atoms with van der Waals surface area (Å²) in [4.78, 5) is 0. The molecule has 0 spiro atoms. The highest BCUT2D eigenvalue weighted by atomic mass is 16.5. The van der Waals surface area contributed by atoms with E-state index in [2.05, 4.69) is 79.0 Å². The van der Waals surface area contributed by atoms with E-state index < -0.39 is 0 Å². The molecule has 3 aromatic rings. The number of hydrogen-bond donors (Lipinski definition) is 1. The average Bonchev–Trinajstić information content (AvgIpc) is 2.65. The van der Waals surface area contributed by atoms with Crippen LogP contribution in [0, 0.1) is 6.92 Å². The predicted molar refractivity (Wildman–Crippen MR) is 104 cm³/mol. The van der Waals surface area contributed by atoms with Gasteiger partial charge in [0.15, 0.2) is 0 Å². The highest BCUT2D eigenvalue weighted by Gasteiger charge is 1.99. The third-order valence-electron chi connectivity index (χ3n) is 4.18. The van der Waals surface area contributed by atoms with Gasteiger partial charge in [0.25, 0.3) is 0 Å². The first-order chi connectivity index (χ1) is 12.3. The molecule has 0 radical (unpaired) electrons. The van der Waals surface area contributed by atoms with Crippen molar-refractivity contribution in [2.75, 3.05) is 6.61 Å². The Morgan fingerprint density at radius 3 is 2.24 bits per heavy atom. The number of benzene rings is 3. The van der Waals surface area contributed by atoms with Crippen LogP contribution in [0.4, 0.5) is 0 Å². The van der Waals surface area contributed by atoms with E-state index >= 15 is 0 Å². The highest BCUT2D eigenvalue weighted by molar-refractivity contribution is 5.29. The van der Waals surface area contributed by atoms with Crippen molar-refractivity contribution >= 4 is 0 Å². The van der Waals surface area contributed by atoms with Gasteiger partial charge in [-0.1, -0.05) is 72.3 Å². The molecule has 0 saturated heterocycles. The fourth-order valence-corrected chi connectivity index (χ4v) is 2.73. The van der Waals surface area contributed by atoms with Gasteiger partial charge in [0.1, 0.15) is 5.75 Å². The van der Waals surface area contributed by atoms with Crippen molar-refractivity contribution in [2.45, 2.75) is 26.4 Å². The second-order valence-corrected chi connectivity index (χ2v) is 6.32. The van der Waals surface area contributed by atoms with Crippen LogP contribution in [0.3, 0.4) is 0 Å². The van der Waals surface area contributed by atoms with Crippen LogP contribution in [0.2, 0.25) is 0 Å². The van der Waals surface area contributed by atoms with Crippen LogP contribution >= 0.6 is 0 Å². The molecule has 0 aromatic heterocycles. The standard InChI is InChI=1S/C23H25NO/c1-19-10-12-21(13-11-19)17-24-18-22-8-5-9-23(16-22)25-15-14-20-6-3-2-4-7-20/h2-13,16,24H,14-15,17-18H2,1H3. The smallest absolute Gasteiger partial charge is 0.119 e. The van der Waals surface area contributed by atoms with E-state index in [9.17, 15) is 0 Å². The zero-order valence-electron chi connectivity index (χ0n) is 14.7. The summed E-state index contributed by atoms with van der Waals surface area (Å²) in [6.07, 6.45) is 0.927. The summed E-state index contributed by atoms with van der Waals surface area (Å²) in [6.45, 7) is 4.52. The summed E-state index contributed by atoms with van der Waals surface area (Å²) >= 11 is 0. The molecule has 25 heavy (non-hydrogen) atoms. The van der Waals surface area contributed by atoms with Crippen LogP contribution in [-0.4, -0.2) is 6.61 Å². The van der Waals surface area contributed by atoms with Gasteiger partial charge in [-0.2, -0.15) is 0 Å².